The van der Waals surface area contributed by atoms with Gasteiger partial charge in [-0.2, -0.15) is 0 Å². The number of ether oxygens (including phenoxy) is 1. The molecule has 2 amide bonds. The van der Waals surface area contributed by atoms with E-state index in [0.717, 1.165) is 0 Å². The molecule has 2 unspecified atom stereocenters. The van der Waals surface area contributed by atoms with E-state index in [1.165, 1.54) is 0 Å². The van der Waals surface area contributed by atoms with Crippen LogP contribution in [0.15, 0.2) is 0 Å². The van der Waals surface area contributed by atoms with Crippen molar-refractivity contribution in [3.8, 4) is 0 Å². The van der Waals surface area contributed by atoms with Gasteiger partial charge in [-0.1, -0.05) is 6.92 Å². The van der Waals surface area contributed by atoms with Crippen molar-refractivity contribution in [2.24, 2.45) is 5.92 Å². The van der Waals surface area contributed by atoms with Crippen molar-refractivity contribution in [1.29, 1.82) is 0 Å². The van der Waals surface area contributed by atoms with Crippen molar-refractivity contribution in [2.45, 2.75) is 26.3 Å². The summed E-state index contributed by atoms with van der Waals surface area (Å²) in [6, 6.07) is -0.188. The highest BCUT2D eigenvalue weighted by Crippen LogP contribution is 1.97. The molecular weight excluding hydrogens is 196 g/mol. The summed E-state index contributed by atoms with van der Waals surface area (Å²) in [6.07, 6.45) is 0.702. The van der Waals surface area contributed by atoms with Gasteiger partial charge in [-0.05, 0) is 19.3 Å². The third-order valence-electron chi connectivity index (χ3n) is 2.03. The number of aliphatic hydroxyl groups excluding tert-OH is 1. The van der Waals surface area contributed by atoms with Gasteiger partial charge in [0.05, 0.1) is 12.6 Å². The Kier molecular flexibility index (Phi) is 8.04. The van der Waals surface area contributed by atoms with Gasteiger partial charge in [-0.3, -0.25) is 0 Å². The Morgan fingerprint density at radius 3 is 2.67 bits per heavy atom. The summed E-state index contributed by atoms with van der Waals surface area (Å²) in [7, 11) is 1.60. The maximum absolute atomic E-state index is 11.3. The second-order valence-corrected chi connectivity index (χ2v) is 3.83. The SMILES string of the molecule is COCC(C)NC(=O)NCC(C)CCO. The molecule has 0 aliphatic rings. The molecule has 2 atom stereocenters. The fourth-order valence-corrected chi connectivity index (χ4v) is 1.16. The minimum Gasteiger partial charge on any atom is -0.396 e. The van der Waals surface area contributed by atoms with E-state index in [2.05, 4.69) is 10.6 Å². The van der Waals surface area contributed by atoms with Crippen LogP contribution in [0.4, 0.5) is 4.79 Å². The summed E-state index contributed by atoms with van der Waals surface area (Å²) >= 11 is 0. The summed E-state index contributed by atoms with van der Waals surface area (Å²) in [5, 5.41) is 14.2. The van der Waals surface area contributed by atoms with Crippen LogP contribution in [0.1, 0.15) is 20.3 Å². The van der Waals surface area contributed by atoms with Crippen molar-refractivity contribution >= 4 is 6.03 Å². The van der Waals surface area contributed by atoms with Crippen LogP contribution >= 0.6 is 0 Å². The average molecular weight is 218 g/mol. The lowest BCUT2D eigenvalue weighted by Crippen LogP contribution is -2.43. The van der Waals surface area contributed by atoms with E-state index in [9.17, 15) is 4.79 Å². The highest BCUT2D eigenvalue weighted by molar-refractivity contribution is 5.74. The van der Waals surface area contributed by atoms with E-state index < -0.39 is 0 Å². The number of carbonyl (C=O) groups is 1. The van der Waals surface area contributed by atoms with Gasteiger partial charge < -0.3 is 20.5 Å². The van der Waals surface area contributed by atoms with Gasteiger partial charge in [0.15, 0.2) is 0 Å². The first kappa shape index (κ1) is 14.2. The molecular formula is C10H22N2O3. The molecule has 5 heteroatoms. The average Bonchev–Trinajstić information content (AvgIpc) is 2.15. The number of hydrogen-bond acceptors (Lipinski definition) is 3. The van der Waals surface area contributed by atoms with E-state index in [0.29, 0.717) is 25.5 Å². The maximum Gasteiger partial charge on any atom is 0.315 e. The zero-order valence-corrected chi connectivity index (χ0v) is 9.75. The van der Waals surface area contributed by atoms with Crippen molar-refractivity contribution in [3.63, 3.8) is 0 Å². The van der Waals surface area contributed by atoms with Crippen LogP contribution in [0.5, 0.6) is 0 Å². The molecule has 0 saturated heterocycles. The summed E-state index contributed by atoms with van der Waals surface area (Å²) in [4.78, 5) is 11.3. The minimum atomic E-state index is -0.190. The monoisotopic (exact) mass is 218 g/mol. The molecule has 0 radical (unpaired) electrons. The smallest absolute Gasteiger partial charge is 0.315 e. The second-order valence-electron chi connectivity index (χ2n) is 3.83. The third kappa shape index (κ3) is 8.20. The van der Waals surface area contributed by atoms with Crippen molar-refractivity contribution in [3.05, 3.63) is 0 Å². The molecule has 15 heavy (non-hydrogen) atoms. The standard InChI is InChI=1S/C10H22N2O3/c1-8(4-5-13)6-11-10(14)12-9(2)7-15-3/h8-9,13H,4-7H2,1-3H3,(H2,11,12,14). The van der Waals surface area contributed by atoms with Crippen LogP contribution in [0.2, 0.25) is 0 Å². The first-order valence-corrected chi connectivity index (χ1v) is 5.24. The third-order valence-corrected chi connectivity index (χ3v) is 2.03. The fraction of sp³-hybridized carbons (Fsp3) is 0.900. The van der Waals surface area contributed by atoms with Crippen molar-refractivity contribution < 1.29 is 14.6 Å². The molecule has 0 bridgehead atoms. The Hall–Kier alpha value is -0.810. The molecule has 0 aliphatic heterocycles. The summed E-state index contributed by atoms with van der Waals surface area (Å²) < 4.78 is 4.89. The molecule has 0 aromatic rings. The molecule has 0 heterocycles. The molecule has 3 N–H and O–H groups in total. The Morgan fingerprint density at radius 2 is 2.13 bits per heavy atom. The summed E-state index contributed by atoms with van der Waals surface area (Å²) in [6.45, 7) is 5.09. The highest BCUT2D eigenvalue weighted by Gasteiger charge is 2.07. The van der Waals surface area contributed by atoms with Crippen LogP contribution in [0.25, 0.3) is 0 Å². The largest absolute Gasteiger partial charge is 0.396 e. The molecule has 0 rings (SSSR count). The lowest BCUT2D eigenvalue weighted by atomic mass is 10.1. The van der Waals surface area contributed by atoms with E-state index in [1.54, 1.807) is 7.11 Å². The number of aliphatic hydroxyl groups is 1. The van der Waals surface area contributed by atoms with Crippen LogP contribution in [0.3, 0.4) is 0 Å². The molecule has 0 fully saturated rings. The normalized spacial score (nSPS) is 14.4. The fourth-order valence-electron chi connectivity index (χ4n) is 1.16. The molecule has 0 aliphatic carbocycles. The number of carbonyl (C=O) groups excluding carboxylic acids is 1. The Morgan fingerprint density at radius 1 is 1.47 bits per heavy atom. The van der Waals surface area contributed by atoms with E-state index in [4.69, 9.17) is 9.84 Å². The van der Waals surface area contributed by atoms with Crippen LogP contribution in [0, 0.1) is 5.92 Å². The lowest BCUT2D eigenvalue weighted by molar-refractivity contribution is 0.170. The van der Waals surface area contributed by atoms with Crippen molar-refractivity contribution in [2.75, 3.05) is 26.9 Å². The number of amides is 2. The number of methoxy groups -OCH3 is 1. The van der Waals surface area contributed by atoms with Crippen LogP contribution < -0.4 is 10.6 Å². The van der Waals surface area contributed by atoms with E-state index in [-0.39, 0.29) is 18.7 Å². The number of urea groups is 1. The van der Waals surface area contributed by atoms with Crippen LogP contribution in [-0.4, -0.2) is 44.0 Å². The van der Waals surface area contributed by atoms with Gasteiger partial charge in [-0.15, -0.1) is 0 Å². The molecule has 0 aromatic carbocycles. The quantitative estimate of drug-likeness (QED) is 0.577. The number of rotatable bonds is 7. The van der Waals surface area contributed by atoms with Gasteiger partial charge in [0, 0.05) is 20.3 Å². The minimum absolute atomic E-state index is 0.00291. The predicted molar refractivity (Wildman–Crippen MR) is 58.7 cm³/mol. The van der Waals surface area contributed by atoms with E-state index in [1.807, 2.05) is 13.8 Å². The van der Waals surface area contributed by atoms with Gasteiger partial charge in [0.1, 0.15) is 0 Å². The Labute approximate surface area is 91.2 Å². The predicted octanol–water partition coefficient (Wildman–Crippen LogP) is 0.339. The first-order valence-electron chi connectivity index (χ1n) is 5.24. The topological polar surface area (TPSA) is 70.6 Å². The zero-order chi connectivity index (χ0) is 11.7. The van der Waals surface area contributed by atoms with Gasteiger partial charge in [-0.25, -0.2) is 4.79 Å². The second kappa shape index (κ2) is 8.49. The van der Waals surface area contributed by atoms with Crippen molar-refractivity contribution in [1.82, 2.24) is 10.6 Å². The molecule has 90 valence electrons. The first-order chi connectivity index (χ1) is 7.10. The maximum atomic E-state index is 11.3. The van der Waals surface area contributed by atoms with Crippen LogP contribution in [-0.2, 0) is 4.74 Å². The Bertz CT molecular complexity index is 176. The molecule has 0 aromatic heterocycles. The molecule has 0 spiro atoms. The Balaban J connectivity index is 3.56. The van der Waals surface area contributed by atoms with Gasteiger partial charge in [0.2, 0.25) is 0 Å². The molecule has 0 saturated carbocycles. The summed E-state index contributed by atoms with van der Waals surface area (Å²) in [5.41, 5.74) is 0. The molecule has 5 nitrogen and oxygen atoms in total. The van der Waals surface area contributed by atoms with Gasteiger partial charge >= 0.3 is 6.03 Å². The van der Waals surface area contributed by atoms with E-state index >= 15 is 0 Å². The number of nitrogens with one attached hydrogen (secondary N) is 2. The number of hydrogen-bond donors (Lipinski definition) is 3. The highest BCUT2D eigenvalue weighted by atomic mass is 16.5. The van der Waals surface area contributed by atoms with Gasteiger partial charge in [0.25, 0.3) is 0 Å². The summed E-state index contributed by atoms with van der Waals surface area (Å²) in [5.74, 6) is 0.290. The zero-order valence-electron chi connectivity index (χ0n) is 9.75. The lowest BCUT2D eigenvalue weighted by Gasteiger charge is -2.15.